The predicted molar refractivity (Wildman–Crippen MR) is 91.6 cm³/mol. The molecule has 0 spiro atoms. The Bertz CT molecular complexity index is 719. The molecule has 0 radical (unpaired) electrons. The third kappa shape index (κ3) is 2.95. The number of amides is 1. The third-order valence-electron chi connectivity index (χ3n) is 4.58. The van der Waals surface area contributed by atoms with Crippen molar-refractivity contribution in [1.82, 2.24) is 25.0 Å². The summed E-state index contributed by atoms with van der Waals surface area (Å²) in [6, 6.07) is 3.83. The highest BCUT2D eigenvalue weighted by molar-refractivity contribution is 9.11. The lowest BCUT2D eigenvalue weighted by Gasteiger charge is -2.31. The van der Waals surface area contributed by atoms with E-state index in [1.54, 1.807) is 0 Å². The summed E-state index contributed by atoms with van der Waals surface area (Å²) in [4.78, 5) is 15.3. The van der Waals surface area contributed by atoms with Gasteiger partial charge in [-0.05, 0) is 40.9 Å². The molecule has 1 saturated heterocycles. The highest BCUT2D eigenvalue weighted by Gasteiger charge is 2.29. The number of nitrogens with one attached hydrogen (secondary N) is 1. The van der Waals surface area contributed by atoms with Gasteiger partial charge in [0.1, 0.15) is 11.6 Å². The standard InChI is InChI=1S/C15H18BrN5OS/c16-12-2-1-11(23-12)15(22)20-6-3-10(4-7-20)14-19-18-13-9-17-5-8-21(13)14/h1-2,10,17H,3-9H2. The number of rotatable bonds is 2. The van der Waals surface area contributed by atoms with Gasteiger partial charge in [0.25, 0.3) is 5.91 Å². The first-order valence-electron chi connectivity index (χ1n) is 7.89. The van der Waals surface area contributed by atoms with E-state index in [0.717, 1.165) is 65.9 Å². The topological polar surface area (TPSA) is 63.1 Å². The Labute approximate surface area is 147 Å². The van der Waals surface area contributed by atoms with Crippen molar-refractivity contribution in [2.45, 2.75) is 31.8 Å². The summed E-state index contributed by atoms with van der Waals surface area (Å²) >= 11 is 4.92. The maximum absolute atomic E-state index is 12.5. The highest BCUT2D eigenvalue weighted by Crippen LogP contribution is 2.30. The smallest absolute Gasteiger partial charge is 0.263 e. The third-order valence-corrected chi connectivity index (χ3v) is 6.19. The molecule has 1 N–H and O–H groups in total. The van der Waals surface area contributed by atoms with Crippen LogP contribution in [0.4, 0.5) is 0 Å². The molecule has 2 aromatic rings. The van der Waals surface area contributed by atoms with E-state index < -0.39 is 0 Å². The quantitative estimate of drug-likeness (QED) is 0.846. The molecular weight excluding hydrogens is 378 g/mol. The normalized spacial score (nSPS) is 18.9. The first kappa shape index (κ1) is 15.3. The first-order chi connectivity index (χ1) is 11.2. The summed E-state index contributed by atoms with van der Waals surface area (Å²) in [6.07, 6.45) is 1.92. The number of aromatic nitrogens is 3. The number of likely N-dealkylation sites (tertiary alicyclic amines) is 1. The molecule has 0 aromatic carbocycles. The molecule has 1 amide bonds. The zero-order valence-corrected chi connectivity index (χ0v) is 15.1. The van der Waals surface area contributed by atoms with Crippen LogP contribution >= 0.6 is 27.3 Å². The molecular formula is C15H18BrN5OS. The molecule has 1 fully saturated rings. The average molecular weight is 396 g/mol. The fraction of sp³-hybridized carbons (Fsp3) is 0.533. The minimum atomic E-state index is 0.145. The number of carbonyl (C=O) groups excluding carboxylic acids is 1. The molecule has 0 saturated carbocycles. The summed E-state index contributed by atoms with van der Waals surface area (Å²) in [7, 11) is 0. The zero-order chi connectivity index (χ0) is 15.8. The second-order valence-electron chi connectivity index (χ2n) is 5.97. The van der Waals surface area contributed by atoms with Crippen LogP contribution in [0.1, 0.15) is 40.1 Å². The lowest BCUT2D eigenvalue weighted by molar-refractivity contribution is 0.0715. The van der Waals surface area contributed by atoms with E-state index in [-0.39, 0.29) is 5.91 Å². The van der Waals surface area contributed by atoms with Crippen molar-refractivity contribution in [3.8, 4) is 0 Å². The van der Waals surface area contributed by atoms with Crippen LogP contribution in [0.2, 0.25) is 0 Å². The van der Waals surface area contributed by atoms with Crippen LogP contribution in [-0.4, -0.2) is 45.2 Å². The van der Waals surface area contributed by atoms with Gasteiger partial charge in [-0.2, -0.15) is 0 Å². The molecule has 0 bridgehead atoms. The molecule has 0 unspecified atom stereocenters. The fourth-order valence-electron chi connectivity index (χ4n) is 3.34. The van der Waals surface area contributed by atoms with Crippen LogP contribution in [0.15, 0.2) is 15.9 Å². The van der Waals surface area contributed by atoms with E-state index in [9.17, 15) is 4.79 Å². The molecule has 0 atom stereocenters. The highest BCUT2D eigenvalue weighted by atomic mass is 79.9. The molecule has 122 valence electrons. The molecule has 2 aliphatic heterocycles. The van der Waals surface area contributed by atoms with Crippen LogP contribution in [0.3, 0.4) is 0 Å². The Balaban J connectivity index is 1.43. The minimum absolute atomic E-state index is 0.145. The Hall–Kier alpha value is -1.25. The number of halogens is 1. The fourth-order valence-corrected chi connectivity index (χ4v) is 4.70. The maximum atomic E-state index is 12.5. The Morgan fingerprint density at radius 1 is 1.26 bits per heavy atom. The lowest BCUT2D eigenvalue weighted by Crippen LogP contribution is -2.38. The average Bonchev–Trinajstić information content (AvgIpc) is 3.21. The van der Waals surface area contributed by atoms with Crippen LogP contribution in [0, 0.1) is 0 Å². The van der Waals surface area contributed by atoms with Gasteiger partial charge in [0, 0.05) is 32.1 Å². The van der Waals surface area contributed by atoms with Gasteiger partial charge in [0.05, 0.1) is 15.2 Å². The Kier molecular flexibility index (Phi) is 4.21. The van der Waals surface area contributed by atoms with Crippen LogP contribution < -0.4 is 5.32 Å². The number of piperidine rings is 1. The van der Waals surface area contributed by atoms with Gasteiger partial charge >= 0.3 is 0 Å². The van der Waals surface area contributed by atoms with Gasteiger partial charge in [0.15, 0.2) is 0 Å². The zero-order valence-electron chi connectivity index (χ0n) is 12.7. The van der Waals surface area contributed by atoms with E-state index in [2.05, 4.69) is 36.0 Å². The van der Waals surface area contributed by atoms with Gasteiger partial charge in [-0.3, -0.25) is 4.79 Å². The predicted octanol–water partition coefficient (Wildman–Crippen LogP) is 2.23. The van der Waals surface area contributed by atoms with Crippen LogP contribution in [-0.2, 0) is 13.1 Å². The molecule has 4 rings (SSSR count). The monoisotopic (exact) mass is 395 g/mol. The van der Waals surface area contributed by atoms with Crippen molar-refractivity contribution in [3.63, 3.8) is 0 Å². The van der Waals surface area contributed by atoms with E-state index in [0.29, 0.717) is 5.92 Å². The van der Waals surface area contributed by atoms with Crippen molar-refractivity contribution in [1.29, 1.82) is 0 Å². The second-order valence-corrected chi connectivity index (χ2v) is 8.44. The number of fused-ring (bicyclic) bond motifs is 1. The van der Waals surface area contributed by atoms with Crippen molar-refractivity contribution in [2.75, 3.05) is 19.6 Å². The molecule has 0 aliphatic carbocycles. The van der Waals surface area contributed by atoms with E-state index in [1.807, 2.05) is 17.0 Å². The number of nitrogens with zero attached hydrogens (tertiary/aromatic N) is 4. The van der Waals surface area contributed by atoms with E-state index in [4.69, 9.17) is 0 Å². The van der Waals surface area contributed by atoms with Gasteiger partial charge in [-0.25, -0.2) is 0 Å². The number of thiophene rings is 1. The van der Waals surface area contributed by atoms with Crippen molar-refractivity contribution in [3.05, 3.63) is 32.4 Å². The minimum Gasteiger partial charge on any atom is -0.338 e. The molecule has 6 nitrogen and oxygen atoms in total. The second kappa shape index (κ2) is 6.33. The largest absolute Gasteiger partial charge is 0.338 e. The molecule has 2 aliphatic rings. The molecule has 23 heavy (non-hydrogen) atoms. The van der Waals surface area contributed by atoms with Crippen LogP contribution in [0.5, 0.6) is 0 Å². The Morgan fingerprint density at radius 2 is 2.09 bits per heavy atom. The van der Waals surface area contributed by atoms with Crippen molar-refractivity contribution >= 4 is 33.2 Å². The summed E-state index contributed by atoms with van der Waals surface area (Å²) < 4.78 is 3.26. The maximum Gasteiger partial charge on any atom is 0.263 e. The van der Waals surface area contributed by atoms with E-state index in [1.165, 1.54) is 11.3 Å². The first-order valence-corrected chi connectivity index (χ1v) is 9.50. The molecule has 2 aromatic heterocycles. The Morgan fingerprint density at radius 3 is 2.83 bits per heavy atom. The van der Waals surface area contributed by atoms with Crippen LogP contribution in [0.25, 0.3) is 0 Å². The van der Waals surface area contributed by atoms with Crippen molar-refractivity contribution < 1.29 is 4.79 Å². The summed E-state index contributed by atoms with van der Waals surface area (Å²) in [6.45, 7) is 4.30. The molecule has 8 heteroatoms. The SMILES string of the molecule is O=C(c1ccc(Br)s1)N1CCC(c2nnc3n2CCNC3)CC1. The number of hydrogen-bond acceptors (Lipinski definition) is 5. The number of hydrogen-bond donors (Lipinski definition) is 1. The lowest BCUT2D eigenvalue weighted by atomic mass is 9.95. The van der Waals surface area contributed by atoms with Gasteiger partial charge in [-0.15, -0.1) is 21.5 Å². The van der Waals surface area contributed by atoms with Gasteiger partial charge in [-0.1, -0.05) is 0 Å². The molecule has 4 heterocycles. The number of carbonyl (C=O) groups is 1. The van der Waals surface area contributed by atoms with Gasteiger partial charge < -0.3 is 14.8 Å². The van der Waals surface area contributed by atoms with Gasteiger partial charge in [0.2, 0.25) is 0 Å². The summed E-state index contributed by atoms with van der Waals surface area (Å²) in [5.74, 6) is 2.70. The summed E-state index contributed by atoms with van der Waals surface area (Å²) in [5.41, 5.74) is 0. The van der Waals surface area contributed by atoms with Crippen molar-refractivity contribution in [2.24, 2.45) is 0 Å². The van der Waals surface area contributed by atoms with E-state index >= 15 is 0 Å². The summed E-state index contributed by atoms with van der Waals surface area (Å²) in [5, 5.41) is 12.0.